The Morgan fingerprint density at radius 3 is 0.667 bits per heavy atom. The molecule has 0 rings (SSSR count). The maximum Gasteiger partial charge on any atom is 0.394 e. The van der Waals surface area contributed by atoms with Crippen LogP contribution in [0.15, 0.2) is 0 Å². The van der Waals surface area contributed by atoms with E-state index in [1.165, 1.54) is 0 Å². The molecule has 83 valence electrons. The maximum absolute atomic E-state index is 8.74. The quantitative estimate of drug-likeness (QED) is 0.318. The van der Waals surface area contributed by atoms with E-state index in [9.17, 15) is 0 Å². The van der Waals surface area contributed by atoms with Crippen molar-refractivity contribution in [3.63, 3.8) is 0 Å². The first-order valence-corrected chi connectivity index (χ1v) is 4.19. The molecular formula is H4CuFeO8S2. The molecular weight excluding hydrogens is 312 g/mol. The zero-order valence-corrected chi connectivity index (χ0v) is 8.57. The summed E-state index contributed by atoms with van der Waals surface area (Å²) in [5.41, 5.74) is 0. The van der Waals surface area contributed by atoms with Gasteiger partial charge in [-0.2, -0.15) is 16.8 Å². The molecule has 8 nitrogen and oxygen atoms in total. The molecule has 0 saturated carbocycles. The zero-order valence-electron chi connectivity index (χ0n) is 4.89. The van der Waals surface area contributed by atoms with Crippen LogP contribution in [0.5, 0.6) is 0 Å². The molecule has 0 aliphatic rings. The average molecular weight is 316 g/mol. The normalized spacial score (nSPS) is 9.67. The van der Waals surface area contributed by atoms with Gasteiger partial charge in [-0.25, -0.2) is 0 Å². The molecule has 0 aromatic heterocycles. The van der Waals surface area contributed by atoms with Gasteiger partial charge in [0.2, 0.25) is 0 Å². The van der Waals surface area contributed by atoms with Crippen molar-refractivity contribution in [2.24, 2.45) is 0 Å². The molecule has 0 aromatic rings. The van der Waals surface area contributed by atoms with Gasteiger partial charge in [0.05, 0.1) is 0 Å². The van der Waals surface area contributed by atoms with Crippen LogP contribution in [0.4, 0.5) is 0 Å². The second kappa shape index (κ2) is 8.38. The van der Waals surface area contributed by atoms with Gasteiger partial charge in [0.15, 0.2) is 0 Å². The molecule has 0 bridgehead atoms. The summed E-state index contributed by atoms with van der Waals surface area (Å²) in [5, 5.41) is 0. The van der Waals surface area contributed by atoms with Crippen molar-refractivity contribution < 1.29 is 69.2 Å². The molecule has 0 aliphatic carbocycles. The second-order valence-electron chi connectivity index (χ2n) is 0.896. The average Bonchev–Trinajstić information content (AvgIpc) is 1.12. The summed E-state index contributed by atoms with van der Waals surface area (Å²) in [6.45, 7) is 0. The molecule has 0 spiro atoms. The Balaban J connectivity index is -0.0000000457. The summed E-state index contributed by atoms with van der Waals surface area (Å²) < 4.78 is 63.2. The first-order chi connectivity index (χ1) is 4.00. The fraction of sp³-hybridized carbons (Fsp3) is 0. The Bertz CT molecular complexity index is 213. The third kappa shape index (κ3) is 1700. The standard InChI is InChI=1S/Cu.Fe.2H2O4S/c;;2*1-5(2,3)4/h;;2*(H2,1,2,3,4). The van der Waals surface area contributed by atoms with Crippen molar-refractivity contribution in [3.8, 4) is 0 Å². The van der Waals surface area contributed by atoms with Gasteiger partial charge in [0, 0.05) is 34.1 Å². The summed E-state index contributed by atoms with van der Waals surface area (Å²) in [7, 11) is -9.33. The first kappa shape index (κ1) is 23.0. The first-order valence-electron chi connectivity index (χ1n) is 1.40. The molecule has 12 heavy (non-hydrogen) atoms. The van der Waals surface area contributed by atoms with Gasteiger partial charge in [-0.05, 0) is 0 Å². The Labute approximate surface area is 89.8 Å². The monoisotopic (exact) mass is 315 g/mol. The van der Waals surface area contributed by atoms with Gasteiger partial charge in [-0.3, -0.25) is 18.2 Å². The summed E-state index contributed by atoms with van der Waals surface area (Å²) >= 11 is 0. The van der Waals surface area contributed by atoms with Crippen LogP contribution < -0.4 is 0 Å². The molecule has 0 saturated heterocycles. The van der Waals surface area contributed by atoms with Crippen molar-refractivity contribution in [3.05, 3.63) is 0 Å². The van der Waals surface area contributed by atoms with Gasteiger partial charge in [0.25, 0.3) is 0 Å². The number of rotatable bonds is 0. The van der Waals surface area contributed by atoms with Crippen molar-refractivity contribution >= 4 is 20.8 Å². The minimum atomic E-state index is -4.67. The van der Waals surface area contributed by atoms with Crippen LogP contribution in [-0.4, -0.2) is 35.0 Å². The van der Waals surface area contributed by atoms with Crippen molar-refractivity contribution in [2.75, 3.05) is 0 Å². The van der Waals surface area contributed by atoms with Gasteiger partial charge >= 0.3 is 20.8 Å². The van der Waals surface area contributed by atoms with E-state index in [-0.39, 0.29) is 34.1 Å². The van der Waals surface area contributed by atoms with E-state index in [2.05, 4.69) is 0 Å². The van der Waals surface area contributed by atoms with Gasteiger partial charge in [0.1, 0.15) is 0 Å². The Kier molecular flexibility index (Phi) is 16.1. The predicted molar refractivity (Wildman–Crippen MR) is 28.4 cm³/mol. The fourth-order valence-electron chi connectivity index (χ4n) is 0. The minimum absolute atomic E-state index is 0. The molecule has 0 aliphatic heterocycles. The van der Waals surface area contributed by atoms with E-state index in [1.807, 2.05) is 0 Å². The van der Waals surface area contributed by atoms with E-state index in [0.29, 0.717) is 0 Å². The largest absolute Gasteiger partial charge is 0.394 e. The second-order valence-corrected chi connectivity index (χ2v) is 2.69. The van der Waals surface area contributed by atoms with Crippen LogP contribution in [0.3, 0.4) is 0 Å². The van der Waals surface area contributed by atoms with Gasteiger partial charge in [-0.1, -0.05) is 0 Å². The van der Waals surface area contributed by atoms with E-state index in [1.54, 1.807) is 0 Å². The topological polar surface area (TPSA) is 149 Å². The molecule has 0 heterocycles. The number of hydrogen-bond acceptors (Lipinski definition) is 4. The van der Waals surface area contributed by atoms with Crippen LogP contribution in [-0.2, 0) is 54.9 Å². The van der Waals surface area contributed by atoms with Crippen LogP contribution in [0.1, 0.15) is 0 Å². The minimum Gasteiger partial charge on any atom is -0.264 e. The summed E-state index contributed by atoms with van der Waals surface area (Å²) in [6.07, 6.45) is 0. The van der Waals surface area contributed by atoms with E-state index >= 15 is 0 Å². The molecule has 0 unspecified atom stereocenters. The van der Waals surface area contributed by atoms with Gasteiger partial charge < -0.3 is 0 Å². The Morgan fingerprint density at radius 1 is 0.667 bits per heavy atom. The fourth-order valence-corrected chi connectivity index (χ4v) is 0. The smallest absolute Gasteiger partial charge is 0.264 e. The zero-order chi connectivity index (χ0) is 9.00. The maximum atomic E-state index is 8.74. The third-order valence-corrected chi connectivity index (χ3v) is 0. The SMILES string of the molecule is O=S(=O)(O)O.O=S(=O)(O)O.[Cu].[Fe]. The Hall–Kier alpha value is 0.779. The summed E-state index contributed by atoms with van der Waals surface area (Å²) in [4.78, 5) is 0. The summed E-state index contributed by atoms with van der Waals surface area (Å²) in [5.74, 6) is 0. The molecule has 4 N–H and O–H groups in total. The van der Waals surface area contributed by atoms with Crippen LogP contribution in [0.2, 0.25) is 0 Å². The molecule has 12 heteroatoms. The van der Waals surface area contributed by atoms with Crippen molar-refractivity contribution in [1.29, 1.82) is 0 Å². The van der Waals surface area contributed by atoms with Crippen molar-refractivity contribution in [2.45, 2.75) is 0 Å². The van der Waals surface area contributed by atoms with Crippen LogP contribution in [0.25, 0.3) is 0 Å². The van der Waals surface area contributed by atoms with Crippen LogP contribution in [0, 0.1) is 0 Å². The van der Waals surface area contributed by atoms with E-state index < -0.39 is 20.8 Å². The summed E-state index contributed by atoms with van der Waals surface area (Å²) in [6, 6.07) is 0. The molecule has 1 radical (unpaired) electrons. The van der Waals surface area contributed by atoms with Crippen molar-refractivity contribution in [1.82, 2.24) is 0 Å². The third-order valence-electron chi connectivity index (χ3n) is 0. The van der Waals surface area contributed by atoms with E-state index in [0.717, 1.165) is 0 Å². The van der Waals surface area contributed by atoms with Crippen LogP contribution >= 0.6 is 0 Å². The predicted octanol–water partition coefficient (Wildman–Crippen LogP) is -1.31. The molecule has 0 amide bonds. The van der Waals surface area contributed by atoms with Gasteiger partial charge in [-0.15, -0.1) is 0 Å². The molecule has 0 fully saturated rings. The molecule has 0 aromatic carbocycles. The van der Waals surface area contributed by atoms with E-state index in [4.69, 9.17) is 35.0 Å². The Morgan fingerprint density at radius 2 is 0.667 bits per heavy atom. The molecule has 0 atom stereocenters. The number of hydrogen-bond donors (Lipinski definition) is 4.